The van der Waals surface area contributed by atoms with Gasteiger partial charge >= 0.3 is 0 Å². The van der Waals surface area contributed by atoms with Gasteiger partial charge in [0.1, 0.15) is 0 Å². The van der Waals surface area contributed by atoms with Crippen molar-refractivity contribution < 1.29 is 14.7 Å². The fourth-order valence-corrected chi connectivity index (χ4v) is 4.71. The van der Waals surface area contributed by atoms with Crippen LogP contribution in [0.15, 0.2) is 53.3 Å². The largest absolute Gasteiger partial charge is 0.392 e. The minimum atomic E-state index is -0.586. The lowest BCUT2D eigenvalue weighted by molar-refractivity contribution is -0.130. The van der Waals surface area contributed by atoms with Crippen LogP contribution < -0.4 is 5.32 Å². The molecule has 0 bridgehead atoms. The van der Waals surface area contributed by atoms with Crippen LogP contribution in [0.4, 0.5) is 0 Å². The Labute approximate surface area is 203 Å². The van der Waals surface area contributed by atoms with E-state index in [1.165, 1.54) is 6.92 Å². The highest BCUT2D eigenvalue weighted by Crippen LogP contribution is 2.43. The van der Waals surface area contributed by atoms with Crippen molar-refractivity contribution in [3.8, 4) is 0 Å². The number of allylic oxidation sites excluding steroid dienone is 1. The maximum Gasteiger partial charge on any atom is 0.220 e. The van der Waals surface area contributed by atoms with Crippen LogP contribution >= 0.6 is 11.6 Å². The van der Waals surface area contributed by atoms with Gasteiger partial charge in [-0.25, -0.2) is 0 Å². The van der Waals surface area contributed by atoms with E-state index in [9.17, 15) is 14.7 Å². The Hall–Kier alpha value is -2.37. The molecule has 33 heavy (non-hydrogen) atoms. The number of aryl methyl sites for hydroxylation is 1. The molecule has 1 aliphatic heterocycles. The smallest absolute Gasteiger partial charge is 0.220 e. The number of hydrogen-bond donors (Lipinski definition) is 2. The molecule has 180 valence electrons. The zero-order valence-corrected chi connectivity index (χ0v) is 21.4. The summed E-state index contributed by atoms with van der Waals surface area (Å²) in [5.41, 5.74) is 3.77. The van der Waals surface area contributed by atoms with Crippen molar-refractivity contribution in [1.82, 2.24) is 10.2 Å². The SMILES string of the molecule is CC.CC(=O)N1C/C=C\C(CO)=C/CNC2=C(C(=O)CC(C)(C)C2)C1c1ccc(C)cc1Cl. The Bertz CT molecular complexity index is 976. The van der Waals surface area contributed by atoms with Crippen molar-refractivity contribution in [2.24, 2.45) is 5.41 Å². The third-order valence-corrected chi connectivity index (χ3v) is 6.18. The van der Waals surface area contributed by atoms with E-state index in [1.54, 1.807) is 4.90 Å². The van der Waals surface area contributed by atoms with E-state index < -0.39 is 6.04 Å². The monoisotopic (exact) mass is 472 g/mol. The average molecular weight is 473 g/mol. The number of carbonyl (C=O) groups is 2. The van der Waals surface area contributed by atoms with Crippen molar-refractivity contribution in [1.29, 1.82) is 0 Å². The minimum absolute atomic E-state index is 0.0289. The zero-order valence-electron chi connectivity index (χ0n) is 20.7. The standard InChI is InChI=1S/C25H31ClN2O3.C2H6/c1-16-7-8-19(20(26)12-16)24-23-21(13-25(3,4)14-22(23)31)27-10-9-18(15-29)6-5-11-28(24)17(2)30;1-2/h5-9,12,24,27,29H,10-11,13-15H2,1-4H3;1-2H3/b6-5-,18-9+;. The van der Waals surface area contributed by atoms with Gasteiger partial charge < -0.3 is 15.3 Å². The molecule has 0 spiro atoms. The van der Waals surface area contributed by atoms with Gasteiger partial charge in [-0.15, -0.1) is 0 Å². The summed E-state index contributed by atoms with van der Waals surface area (Å²) < 4.78 is 0. The van der Waals surface area contributed by atoms with Crippen molar-refractivity contribution in [2.45, 2.75) is 60.4 Å². The lowest BCUT2D eigenvalue weighted by atomic mass is 9.73. The van der Waals surface area contributed by atoms with Crippen LogP contribution in [0.25, 0.3) is 0 Å². The number of amides is 1. The van der Waals surface area contributed by atoms with E-state index in [1.807, 2.05) is 57.2 Å². The van der Waals surface area contributed by atoms with Crippen molar-refractivity contribution in [3.05, 3.63) is 69.4 Å². The third-order valence-electron chi connectivity index (χ3n) is 5.86. The Morgan fingerprint density at radius 3 is 2.58 bits per heavy atom. The number of carbonyl (C=O) groups excluding carboxylic acids is 2. The molecular formula is C27H37ClN2O3. The molecule has 3 rings (SSSR count). The van der Waals surface area contributed by atoms with Crippen molar-refractivity contribution in [2.75, 3.05) is 19.7 Å². The summed E-state index contributed by atoms with van der Waals surface area (Å²) in [7, 11) is 0. The molecule has 0 saturated heterocycles. The second-order valence-corrected chi connectivity index (χ2v) is 9.56. The number of aliphatic hydroxyl groups is 1. The molecule has 1 heterocycles. The molecule has 6 heteroatoms. The summed E-state index contributed by atoms with van der Waals surface area (Å²) in [6.45, 7) is 12.3. The summed E-state index contributed by atoms with van der Waals surface area (Å²) in [4.78, 5) is 28.0. The fourth-order valence-electron chi connectivity index (χ4n) is 4.37. The highest BCUT2D eigenvalue weighted by atomic mass is 35.5. The van der Waals surface area contributed by atoms with Gasteiger partial charge in [0.15, 0.2) is 5.78 Å². The lowest BCUT2D eigenvalue weighted by Crippen LogP contribution is -2.41. The average Bonchev–Trinajstić information content (AvgIpc) is 2.77. The number of aliphatic hydroxyl groups excluding tert-OH is 1. The molecule has 0 fully saturated rings. The van der Waals surface area contributed by atoms with Gasteiger partial charge in [-0.1, -0.05) is 69.7 Å². The van der Waals surface area contributed by atoms with E-state index in [0.29, 0.717) is 36.5 Å². The van der Waals surface area contributed by atoms with Gasteiger partial charge in [0.25, 0.3) is 0 Å². The zero-order chi connectivity index (χ0) is 24.8. The first-order valence-corrected chi connectivity index (χ1v) is 12.0. The molecule has 1 aliphatic carbocycles. The van der Waals surface area contributed by atoms with Gasteiger partial charge in [-0.2, -0.15) is 0 Å². The summed E-state index contributed by atoms with van der Waals surface area (Å²) in [5.74, 6) is -0.120. The number of Topliss-reactive ketones (excluding diaryl/α,β-unsaturated/α-hetero) is 1. The molecule has 1 amide bonds. The van der Waals surface area contributed by atoms with Gasteiger partial charge in [0.05, 0.1) is 12.6 Å². The maximum atomic E-state index is 13.5. The van der Waals surface area contributed by atoms with Crippen LogP contribution in [-0.4, -0.2) is 41.4 Å². The van der Waals surface area contributed by atoms with Gasteiger partial charge in [0.2, 0.25) is 5.91 Å². The van der Waals surface area contributed by atoms with Gasteiger partial charge in [0, 0.05) is 42.7 Å². The summed E-state index contributed by atoms with van der Waals surface area (Å²) >= 11 is 6.66. The first-order valence-electron chi connectivity index (χ1n) is 11.6. The number of rotatable bonds is 2. The van der Waals surface area contributed by atoms with E-state index in [-0.39, 0.29) is 23.7 Å². The number of nitrogens with zero attached hydrogens (tertiary/aromatic N) is 1. The van der Waals surface area contributed by atoms with Crippen molar-refractivity contribution >= 4 is 23.3 Å². The second kappa shape index (κ2) is 11.7. The molecule has 0 saturated carbocycles. The molecule has 1 unspecified atom stereocenters. The highest BCUT2D eigenvalue weighted by Gasteiger charge is 2.40. The molecule has 1 aromatic rings. The highest BCUT2D eigenvalue weighted by molar-refractivity contribution is 6.31. The van der Waals surface area contributed by atoms with Crippen LogP contribution in [0, 0.1) is 12.3 Å². The first-order chi connectivity index (χ1) is 15.6. The fraction of sp³-hybridized carbons (Fsp3) is 0.481. The quantitative estimate of drug-likeness (QED) is 0.613. The predicted octanol–water partition coefficient (Wildman–Crippen LogP) is 5.29. The summed E-state index contributed by atoms with van der Waals surface area (Å²) in [5, 5.41) is 13.6. The minimum Gasteiger partial charge on any atom is -0.392 e. The summed E-state index contributed by atoms with van der Waals surface area (Å²) in [6.07, 6.45) is 6.68. The van der Waals surface area contributed by atoms with Crippen LogP contribution in [-0.2, 0) is 9.59 Å². The van der Waals surface area contributed by atoms with Crippen molar-refractivity contribution in [3.63, 3.8) is 0 Å². The molecule has 5 nitrogen and oxygen atoms in total. The van der Waals surface area contributed by atoms with Crippen LogP contribution in [0.5, 0.6) is 0 Å². The molecular weight excluding hydrogens is 436 g/mol. The molecule has 0 radical (unpaired) electrons. The van der Waals surface area contributed by atoms with Gasteiger partial charge in [-0.05, 0) is 41.5 Å². The maximum absolute atomic E-state index is 13.5. The molecule has 1 aromatic carbocycles. The van der Waals surface area contributed by atoms with Crippen LogP contribution in [0.3, 0.4) is 0 Å². The molecule has 2 N–H and O–H groups in total. The van der Waals surface area contributed by atoms with E-state index in [4.69, 9.17) is 11.6 Å². The number of ketones is 1. The Morgan fingerprint density at radius 1 is 1.27 bits per heavy atom. The molecule has 2 aliphatic rings. The summed E-state index contributed by atoms with van der Waals surface area (Å²) in [6, 6.07) is 5.15. The van der Waals surface area contributed by atoms with E-state index in [2.05, 4.69) is 19.2 Å². The molecule has 1 atom stereocenters. The Morgan fingerprint density at radius 2 is 1.97 bits per heavy atom. The van der Waals surface area contributed by atoms with Crippen LogP contribution in [0.2, 0.25) is 5.02 Å². The Kier molecular flexibility index (Phi) is 9.50. The first kappa shape index (κ1) is 26.9. The van der Waals surface area contributed by atoms with Gasteiger partial charge in [-0.3, -0.25) is 9.59 Å². The van der Waals surface area contributed by atoms with E-state index >= 15 is 0 Å². The predicted molar refractivity (Wildman–Crippen MR) is 135 cm³/mol. The van der Waals surface area contributed by atoms with E-state index in [0.717, 1.165) is 22.4 Å². The third kappa shape index (κ3) is 6.58. The lowest BCUT2D eigenvalue weighted by Gasteiger charge is -2.39. The molecule has 0 aromatic heterocycles. The number of benzene rings is 1. The topological polar surface area (TPSA) is 69.6 Å². The Balaban J connectivity index is 0.00000187. The number of hydrogen-bond acceptors (Lipinski definition) is 4. The number of nitrogens with one attached hydrogen (secondary N) is 1. The second-order valence-electron chi connectivity index (χ2n) is 9.15. The normalized spacial score (nSPS) is 23.2. The van der Waals surface area contributed by atoms with Crippen LogP contribution in [0.1, 0.15) is 64.6 Å². The number of halogens is 1.